The molecule has 0 aliphatic heterocycles. The number of carbonyl (C=O) groups excluding carboxylic acids is 4. The van der Waals surface area contributed by atoms with Gasteiger partial charge in [0.05, 0.1) is 18.6 Å². The van der Waals surface area contributed by atoms with Gasteiger partial charge in [-0.3, -0.25) is 24.2 Å². The van der Waals surface area contributed by atoms with Crippen LogP contribution in [0.25, 0.3) is 0 Å². The van der Waals surface area contributed by atoms with Crippen LogP contribution in [0.4, 0.5) is 13.2 Å². The largest absolute Gasteiger partial charge is 0.490 e. The number of hydrogen-bond donors (Lipinski definition) is 8. The van der Waals surface area contributed by atoms with Crippen LogP contribution in [0.15, 0.2) is 65.7 Å². The zero-order valence-corrected chi connectivity index (χ0v) is 28.8. The number of halogens is 3. The van der Waals surface area contributed by atoms with Crippen LogP contribution in [0.5, 0.6) is 0 Å². The van der Waals surface area contributed by atoms with Crippen molar-refractivity contribution in [2.45, 2.75) is 83.3 Å². The number of carboxylic acid groups (broad SMARTS) is 1. The summed E-state index contributed by atoms with van der Waals surface area (Å²) in [5, 5.41) is 29.0. The number of nitrogens with zero attached hydrogens (tertiary/aromatic N) is 1. The Balaban J connectivity index is 0.00000167. The zero-order chi connectivity index (χ0) is 38.6. The number of carbonyl (C=O) groups is 5. The molecule has 282 valence electrons. The van der Waals surface area contributed by atoms with Gasteiger partial charge in [0.1, 0.15) is 12.1 Å². The number of carboxylic acids is 1. The highest BCUT2D eigenvalue weighted by atomic mass is 19.4. The summed E-state index contributed by atoms with van der Waals surface area (Å²) in [7, 11) is 0. The minimum absolute atomic E-state index is 0.0765. The monoisotopic (exact) mass is 723 g/mol. The van der Waals surface area contributed by atoms with Crippen molar-refractivity contribution in [2.24, 2.45) is 22.4 Å². The number of nitrogens with two attached hydrogens (primary N) is 2. The molecule has 4 amide bonds. The third kappa shape index (κ3) is 19.0. The van der Waals surface area contributed by atoms with E-state index in [1.54, 1.807) is 30.3 Å². The van der Waals surface area contributed by atoms with E-state index in [2.05, 4.69) is 26.3 Å². The van der Waals surface area contributed by atoms with Gasteiger partial charge in [0, 0.05) is 18.7 Å². The molecule has 0 fully saturated rings. The molecule has 2 rings (SSSR count). The van der Waals surface area contributed by atoms with Gasteiger partial charge in [0.2, 0.25) is 17.7 Å². The number of amides is 4. The van der Waals surface area contributed by atoms with Gasteiger partial charge in [-0.1, -0.05) is 62.4 Å². The number of rotatable bonds is 18. The smallest absolute Gasteiger partial charge is 0.475 e. The van der Waals surface area contributed by atoms with E-state index < -0.39 is 54.1 Å². The fourth-order valence-electron chi connectivity index (χ4n) is 4.51. The molecule has 14 nitrogen and oxygen atoms in total. The lowest BCUT2D eigenvalue weighted by Gasteiger charge is -2.27. The topological polar surface area (TPSA) is 238 Å². The molecule has 2 aromatic rings. The van der Waals surface area contributed by atoms with Crippen LogP contribution in [-0.2, 0) is 25.6 Å². The fraction of sp³-hybridized carbons (Fsp3) is 0.471. The Morgan fingerprint density at radius 1 is 0.863 bits per heavy atom. The van der Waals surface area contributed by atoms with Crippen LogP contribution in [0, 0.1) is 5.92 Å². The van der Waals surface area contributed by atoms with Crippen molar-refractivity contribution >= 4 is 35.6 Å². The van der Waals surface area contributed by atoms with Gasteiger partial charge in [0.25, 0.3) is 5.91 Å². The van der Waals surface area contributed by atoms with Crippen LogP contribution in [-0.4, -0.2) is 89.3 Å². The lowest BCUT2D eigenvalue weighted by atomic mass is 9.96. The molecule has 0 saturated carbocycles. The van der Waals surface area contributed by atoms with Crippen molar-refractivity contribution in [3.63, 3.8) is 0 Å². The van der Waals surface area contributed by atoms with E-state index >= 15 is 0 Å². The molecule has 0 unspecified atom stereocenters. The van der Waals surface area contributed by atoms with Gasteiger partial charge in [-0.25, -0.2) is 4.79 Å². The summed E-state index contributed by atoms with van der Waals surface area (Å²) in [6.45, 7) is 6.09. The number of benzene rings is 2. The van der Waals surface area contributed by atoms with E-state index in [-0.39, 0.29) is 37.2 Å². The summed E-state index contributed by atoms with van der Waals surface area (Å²) in [5.41, 5.74) is 12.2. The molecule has 0 radical (unpaired) electrons. The van der Waals surface area contributed by atoms with Crippen LogP contribution in [0.2, 0.25) is 0 Å². The number of nitrogens with one attached hydrogen (secondary N) is 4. The van der Waals surface area contributed by atoms with Crippen molar-refractivity contribution in [1.29, 1.82) is 0 Å². The fourth-order valence-corrected chi connectivity index (χ4v) is 4.51. The third-order valence-corrected chi connectivity index (χ3v) is 7.09. The molecule has 51 heavy (non-hydrogen) atoms. The second-order valence-corrected chi connectivity index (χ2v) is 12.0. The SMILES string of the molecule is CC(C)C[C@H](NC(=O)[C@H](C)NC(=O)[C@H](CCCN=C(N)N)NC(=O)c1ccccc1)[C@@H](O)CC(=O)NCCc1ccccc1.O=C(O)C(F)(F)F. The van der Waals surface area contributed by atoms with Gasteiger partial charge >= 0.3 is 12.1 Å². The molecule has 0 aromatic heterocycles. The van der Waals surface area contributed by atoms with E-state index in [1.165, 1.54) is 6.92 Å². The van der Waals surface area contributed by atoms with Crippen LogP contribution < -0.4 is 32.7 Å². The molecule has 17 heteroatoms. The Kier molecular flexibility index (Phi) is 19.3. The molecular weight excluding hydrogens is 675 g/mol. The molecule has 0 spiro atoms. The zero-order valence-electron chi connectivity index (χ0n) is 28.8. The maximum absolute atomic E-state index is 13.2. The molecule has 2 aromatic carbocycles. The predicted molar refractivity (Wildman–Crippen MR) is 184 cm³/mol. The Bertz CT molecular complexity index is 1420. The molecule has 0 heterocycles. The quantitative estimate of drug-likeness (QED) is 0.0633. The lowest BCUT2D eigenvalue weighted by molar-refractivity contribution is -0.192. The van der Waals surface area contributed by atoms with Gasteiger partial charge in [0.15, 0.2) is 5.96 Å². The second kappa shape index (κ2) is 22.5. The summed E-state index contributed by atoms with van der Waals surface area (Å²) < 4.78 is 31.7. The van der Waals surface area contributed by atoms with E-state index in [4.69, 9.17) is 21.4 Å². The van der Waals surface area contributed by atoms with Gasteiger partial charge < -0.3 is 42.9 Å². The standard InChI is InChI=1S/C32H47N7O5.C2HF3O2/c1-21(2)19-26(27(40)20-28(41)35-18-16-23-11-6-4-7-12-23)39-29(42)22(3)37-31(44)25(15-10-17-36-32(33)34)38-30(43)24-13-8-5-9-14-24;3-2(4,5)1(6)7/h4-9,11-14,21-22,25-27,40H,10,15-20H2,1-3H3,(H,35,41)(H,37,44)(H,38,43)(H,39,42)(H4,33,34,36);(H,6,7)/t22-,25-,26-,27-;/m0./s1. The molecule has 0 bridgehead atoms. The first kappa shape index (κ1) is 43.8. The van der Waals surface area contributed by atoms with E-state index in [9.17, 15) is 37.5 Å². The van der Waals surface area contributed by atoms with Gasteiger partial charge in [-0.2, -0.15) is 13.2 Å². The Hall–Kier alpha value is -5.19. The number of aliphatic carboxylic acids is 1. The average molecular weight is 724 g/mol. The molecule has 0 aliphatic rings. The third-order valence-electron chi connectivity index (χ3n) is 7.09. The highest BCUT2D eigenvalue weighted by molar-refractivity contribution is 5.98. The predicted octanol–water partition coefficient (Wildman–Crippen LogP) is 1.62. The minimum Gasteiger partial charge on any atom is -0.475 e. The van der Waals surface area contributed by atoms with Crippen molar-refractivity contribution in [3.8, 4) is 0 Å². The van der Waals surface area contributed by atoms with Gasteiger partial charge in [-0.15, -0.1) is 0 Å². The Morgan fingerprint density at radius 2 is 1.43 bits per heavy atom. The van der Waals surface area contributed by atoms with E-state index in [0.717, 1.165) is 5.56 Å². The number of aliphatic hydroxyl groups excluding tert-OH is 1. The lowest BCUT2D eigenvalue weighted by Crippen LogP contribution is -2.55. The summed E-state index contributed by atoms with van der Waals surface area (Å²) in [6.07, 6.45) is -4.69. The maximum atomic E-state index is 13.2. The normalized spacial score (nSPS) is 13.3. The molecule has 0 aliphatic carbocycles. The Morgan fingerprint density at radius 3 is 1.96 bits per heavy atom. The molecule has 10 N–H and O–H groups in total. The second-order valence-electron chi connectivity index (χ2n) is 12.0. The number of hydrogen-bond acceptors (Lipinski definition) is 7. The van der Waals surface area contributed by atoms with E-state index in [1.807, 2.05) is 44.2 Å². The first-order chi connectivity index (χ1) is 23.9. The van der Waals surface area contributed by atoms with Crippen molar-refractivity contribution in [2.75, 3.05) is 13.1 Å². The first-order valence-corrected chi connectivity index (χ1v) is 16.2. The minimum atomic E-state index is -5.08. The average Bonchev–Trinajstić information content (AvgIpc) is 3.06. The summed E-state index contributed by atoms with van der Waals surface area (Å²) >= 11 is 0. The number of aliphatic imine (C=N–C) groups is 1. The number of alkyl halides is 3. The Labute approximate surface area is 294 Å². The van der Waals surface area contributed by atoms with Crippen molar-refractivity contribution in [1.82, 2.24) is 21.3 Å². The summed E-state index contributed by atoms with van der Waals surface area (Å²) in [5.74, 6) is -4.56. The van der Waals surface area contributed by atoms with Gasteiger partial charge in [-0.05, 0) is 56.2 Å². The highest BCUT2D eigenvalue weighted by Crippen LogP contribution is 2.13. The summed E-state index contributed by atoms with van der Waals surface area (Å²) in [6, 6.07) is 15.5. The summed E-state index contributed by atoms with van der Waals surface area (Å²) in [4.78, 5) is 64.4. The first-order valence-electron chi connectivity index (χ1n) is 16.2. The molecular formula is C34H48F3N7O7. The van der Waals surface area contributed by atoms with Crippen LogP contribution in [0.3, 0.4) is 0 Å². The molecule has 4 atom stereocenters. The van der Waals surface area contributed by atoms with Crippen LogP contribution in [0.1, 0.15) is 62.4 Å². The van der Waals surface area contributed by atoms with Crippen molar-refractivity contribution in [3.05, 3.63) is 71.8 Å². The van der Waals surface area contributed by atoms with Crippen LogP contribution >= 0.6 is 0 Å². The number of guanidine groups is 1. The maximum Gasteiger partial charge on any atom is 0.490 e. The van der Waals surface area contributed by atoms with E-state index in [0.29, 0.717) is 31.4 Å². The number of aliphatic hydroxyl groups is 1. The molecule has 0 saturated heterocycles. The van der Waals surface area contributed by atoms with Crippen molar-refractivity contribution < 1.29 is 47.4 Å². The highest BCUT2D eigenvalue weighted by Gasteiger charge is 2.38.